The second kappa shape index (κ2) is 11.7. The first-order chi connectivity index (χ1) is 18.6. The van der Waals surface area contributed by atoms with Gasteiger partial charge < -0.3 is 24.6 Å². The number of ether oxygens (including phenoxy) is 3. The van der Waals surface area contributed by atoms with Gasteiger partial charge in [-0.05, 0) is 59.4 Å². The van der Waals surface area contributed by atoms with Crippen LogP contribution in [0.2, 0.25) is 0 Å². The summed E-state index contributed by atoms with van der Waals surface area (Å²) in [6.07, 6.45) is 1.31. The van der Waals surface area contributed by atoms with Crippen LogP contribution in [0.3, 0.4) is 0 Å². The Morgan fingerprint density at radius 3 is 2.67 bits per heavy atom. The van der Waals surface area contributed by atoms with Crippen molar-refractivity contribution >= 4 is 23.4 Å². The summed E-state index contributed by atoms with van der Waals surface area (Å²) in [4.78, 5) is 18.1. The van der Waals surface area contributed by atoms with Crippen molar-refractivity contribution in [2.24, 2.45) is 5.92 Å². The number of nitrogens with zero attached hydrogens (tertiary/aromatic N) is 4. The van der Waals surface area contributed by atoms with Crippen molar-refractivity contribution in [3.05, 3.63) is 24.2 Å². The van der Waals surface area contributed by atoms with Gasteiger partial charge >= 0.3 is 6.09 Å². The molecule has 1 amide bonds. The Balaban J connectivity index is 1.51. The van der Waals surface area contributed by atoms with Crippen LogP contribution in [0.15, 0.2) is 23.5 Å². The summed E-state index contributed by atoms with van der Waals surface area (Å²) in [6, 6.07) is 3.37. The molecule has 2 aromatic heterocycles. The monoisotopic (exact) mass is 585 g/mol. The van der Waals surface area contributed by atoms with Gasteiger partial charge in [0.25, 0.3) is 5.92 Å². The van der Waals surface area contributed by atoms with Crippen LogP contribution < -0.4 is 5.32 Å². The van der Waals surface area contributed by atoms with E-state index in [0.29, 0.717) is 6.42 Å². The summed E-state index contributed by atoms with van der Waals surface area (Å²) < 4.78 is 48.8. The molecule has 40 heavy (non-hydrogen) atoms. The number of likely N-dealkylation sites (tertiary alicyclic amines) is 1. The molecule has 2 aromatic rings. The van der Waals surface area contributed by atoms with Gasteiger partial charge in [0.2, 0.25) is 0 Å². The van der Waals surface area contributed by atoms with Crippen LogP contribution in [0.1, 0.15) is 66.2 Å². The Morgan fingerprint density at radius 1 is 1.30 bits per heavy atom. The number of carbonyl (C=O) groups is 1. The number of aromatic nitrogens is 3. The first kappa shape index (κ1) is 30.9. The maximum atomic E-state index is 14.6. The van der Waals surface area contributed by atoms with Crippen LogP contribution in [0.5, 0.6) is 0 Å². The molecule has 2 aliphatic heterocycles. The van der Waals surface area contributed by atoms with Gasteiger partial charge in [-0.2, -0.15) is 5.10 Å². The molecule has 2 saturated heterocycles. The SMILES string of the molecule is CSc1ncnn2c([C@@H]3O[C@H](CN4CC(F)(F)C[C@H]4CCNC(=O)OC(C)(C)C)[C@@H](C)[C@H]3OC(C)(C)O)ccc12. The summed E-state index contributed by atoms with van der Waals surface area (Å²) in [5, 5.41) is 18.4. The summed E-state index contributed by atoms with van der Waals surface area (Å²) in [6.45, 7) is 10.4. The summed E-state index contributed by atoms with van der Waals surface area (Å²) in [5.74, 6) is -4.50. The molecule has 5 atom stereocenters. The topological polar surface area (TPSA) is 110 Å². The van der Waals surface area contributed by atoms with E-state index in [1.165, 1.54) is 18.1 Å². The molecular formula is C27H41F2N5O5S. The molecule has 0 aromatic carbocycles. The van der Waals surface area contributed by atoms with Gasteiger partial charge in [0, 0.05) is 31.5 Å². The highest BCUT2D eigenvalue weighted by Crippen LogP contribution is 2.43. The zero-order valence-corrected chi connectivity index (χ0v) is 25.0. The van der Waals surface area contributed by atoms with Crippen molar-refractivity contribution in [1.29, 1.82) is 0 Å². The van der Waals surface area contributed by atoms with Crippen LogP contribution in [0, 0.1) is 5.92 Å². The number of carbonyl (C=O) groups excluding carboxylic acids is 1. The molecule has 0 aliphatic carbocycles. The first-order valence-electron chi connectivity index (χ1n) is 13.6. The number of hydrogen-bond acceptors (Lipinski definition) is 9. The number of aliphatic hydroxyl groups is 1. The Kier molecular flexibility index (Phi) is 9.01. The molecule has 0 bridgehead atoms. The summed E-state index contributed by atoms with van der Waals surface area (Å²) in [5.41, 5.74) is 0.920. The zero-order valence-electron chi connectivity index (χ0n) is 24.2. The predicted molar refractivity (Wildman–Crippen MR) is 146 cm³/mol. The normalized spacial score (nSPS) is 27.4. The quantitative estimate of drug-likeness (QED) is 0.329. The molecule has 2 N–H and O–H groups in total. The average molecular weight is 586 g/mol. The van der Waals surface area contributed by atoms with E-state index in [2.05, 4.69) is 15.4 Å². The lowest BCUT2D eigenvalue weighted by Gasteiger charge is -2.30. The molecule has 0 unspecified atom stereocenters. The smallest absolute Gasteiger partial charge is 0.407 e. The van der Waals surface area contributed by atoms with E-state index in [-0.39, 0.29) is 25.4 Å². The van der Waals surface area contributed by atoms with E-state index in [1.807, 2.05) is 25.3 Å². The Labute approximate surface area is 238 Å². The van der Waals surface area contributed by atoms with Gasteiger partial charge in [-0.15, -0.1) is 11.8 Å². The van der Waals surface area contributed by atoms with Gasteiger partial charge in [0.05, 0.1) is 30.0 Å². The predicted octanol–water partition coefficient (Wildman–Crippen LogP) is 4.27. The van der Waals surface area contributed by atoms with Gasteiger partial charge in [-0.3, -0.25) is 4.90 Å². The van der Waals surface area contributed by atoms with Crippen LogP contribution in [0.25, 0.3) is 5.52 Å². The molecule has 2 fully saturated rings. The highest BCUT2D eigenvalue weighted by Gasteiger charge is 2.50. The Morgan fingerprint density at radius 2 is 2.02 bits per heavy atom. The van der Waals surface area contributed by atoms with E-state index in [9.17, 15) is 18.7 Å². The highest BCUT2D eigenvalue weighted by molar-refractivity contribution is 7.98. The van der Waals surface area contributed by atoms with Crippen LogP contribution in [0.4, 0.5) is 13.6 Å². The molecule has 10 nitrogen and oxygen atoms in total. The van der Waals surface area contributed by atoms with Crippen molar-refractivity contribution in [2.75, 3.05) is 25.9 Å². The van der Waals surface area contributed by atoms with Gasteiger partial charge in [0.1, 0.15) is 23.1 Å². The number of nitrogens with one attached hydrogen (secondary N) is 1. The molecule has 0 saturated carbocycles. The number of amides is 1. The largest absolute Gasteiger partial charge is 0.444 e. The highest BCUT2D eigenvalue weighted by atomic mass is 32.2. The molecule has 4 rings (SSSR count). The van der Waals surface area contributed by atoms with Crippen molar-refractivity contribution in [2.45, 2.75) is 101 Å². The van der Waals surface area contributed by atoms with Crippen LogP contribution in [-0.4, -0.2) is 92.1 Å². The van der Waals surface area contributed by atoms with Gasteiger partial charge in [-0.25, -0.2) is 23.1 Å². The third-order valence-corrected chi connectivity index (χ3v) is 7.83. The number of alkyl carbamates (subject to hydrolysis) is 1. The van der Waals surface area contributed by atoms with Crippen molar-refractivity contribution < 1.29 is 32.9 Å². The first-order valence-corrected chi connectivity index (χ1v) is 14.8. The van der Waals surface area contributed by atoms with E-state index < -0.39 is 54.3 Å². The minimum Gasteiger partial charge on any atom is -0.444 e. The fourth-order valence-corrected chi connectivity index (χ4v) is 6.00. The fraction of sp³-hybridized carbons (Fsp3) is 0.741. The third kappa shape index (κ3) is 7.41. The molecule has 224 valence electrons. The van der Waals surface area contributed by atoms with E-state index in [0.717, 1.165) is 16.2 Å². The minimum atomic E-state index is -2.84. The number of halogens is 2. The number of rotatable bonds is 9. The van der Waals surface area contributed by atoms with Crippen molar-refractivity contribution in [3.8, 4) is 0 Å². The number of alkyl halides is 2. The maximum Gasteiger partial charge on any atom is 0.407 e. The zero-order chi connectivity index (χ0) is 29.5. The molecule has 4 heterocycles. The van der Waals surface area contributed by atoms with Crippen LogP contribution >= 0.6 is 11.8 Å². The van der Waals surface area contributed by atoms with E-state index in [4.69, 9.17) is 14.2 Å². The Hall–Kier alpha value is -2.06. The molecular weight excluding hydrogens is 544 g/mol. The Bertz CT molecular complexity index is 1180. The second-order valence-electron chi connectivity index (χ2n) is 12.2. The minimum absolute atomic E-state index is 0.216. The summed E-state index contributed by atoms with van der Waals surface area (Å²) in [7, 11) is 0. The number of hydrogen-bond donors (Lipinski definition) is 2. The third-order valence-electron chi connectivity index (χ3n) is 7.13. The lowest BCUT2D eigenvalue weighted by molar-refractivity contribution is -0.221. The van der Waals surface area contributed by atoms with E-state index >= 15 is 0 Å². The van der Waals surface area contributed by atoms with E-state index in [1.54, 1.807) is 44.0 Å². The van der Waals surface area contributed by atoms with Gasteiger partial charge in [0.15, 0.2) is 5.79 Å². The lowest BCUT2D eigenvalue weighted by atomic mass is 9.96. The molecule has 13 heteroatoms. The fourth-order valence-electron chi connectivity index (χ4n) is 5.48. The second-order valence-corrected chi connectivity index (χ2v) is 13.0. The maximum absolute atomic E-state index is 14.6. The summed E-state index contributed by atoms with van der Waals surface area (Å²) >= 11 is 1.50. The van der Waals surface area contributed by atoms with Crippen molar-refractivity contribution in [3.63, 3.8) is 0 Å². The average Bonchev–Trinajstić information content (AvgIpc) is 3.46. The lowest BCUT2D eigenvalue weighted by Crippen LogP contribution is -2.42. The standard InChI is InChI=1S/C27H41F2N5O5S/c1-16-20(13-33-14-27(28,29)12-17(33)10-11-30-24(35)39-25(2,3)4)37-22(21(16)38-26(5,6)36)18-8-9-19-23(40-7)31-15-32-34(18)19/h8-9,15-17,20-22,36H,10-14H2,1-7H3,(H,30,35)/t16-,17-,20-,21-,22+/m1/s1. The molecule has 0 spiro atoms. The molecule has 2 aliphatic rings. The number of thioether (sulfide) groups is 1. The van der Waals surface area contributed by atoms with Crippen molar-refractivity contribution in [1.82, 2.24) is 24.8 Å². The van der Waals surface area contributed by atoms with Gasteiger partial charge in [-0.1, -0.05) is 6.92 Å². The van der Waals surface area contributed by atoms with Crippen LogP contribution in [-0.2, 0) is 14.2 Å². The molecule has 0 radical (unpaired) electrons. The number of fused-ring (bicyclic) bond motifs is 1.